The first kappa shape index (κ1) is 19.2. The number of fused-ring (bicyclic) bond motifs is 1. The average Bonchev–Trinajstić information content (AvgIpc) is 2.97. The maximum Gasteiger partial charge on any atom is 0.410 e. The van der Waals surface area contributed by atoms with Crippen LogP contribution in [-0.4, -0.2) is 52.1 Å². The predicted octanol–water partition coefficient (Wildman–Crippen LogP) is 3.64. The zero-order chi connectivity index (χ0) is 19.6. The summed E-state index contributed by atoms with van der Waals surface area (Å²) in [6.07, 6.45) is 5.74. The number of hydrogen-bond donors (Lipinski definition) is 0. The highest BCUT2D eigenvalue weighted by Crippen LogP contribution is 2.23. The number of aromatic nitrogens is 1. The summed E-state index contributed by atoms with van der Waals surface area (Å²) < 4.78 is 7.52. The van der Waals surface area contributed by atoms with Crippen molar-refractivity contribution in [2.75, 3.05) is 20.1 Å². The molecule has 0 radical (unpaired) electrons. The number of hydrogen-bond acceptors (Lipinski definition) is 4. The zero-order valence-corrected chi connectivity index (χ0v) is 16.6. The monoisotopic (exact) mass is 368 g/mol. The Morgan fingerprint density at radius 3 is 2.89 bits per heavy atom. The van der Waals surface area contributed by atoms with Gasteiger partial charge < -0.3 is 14.0 Å². The van der Waals surface area contributed by atoms with E-state index in [0.29, 0.717) is 13.1 Å². The van der Waals surface area contributed by atoms with Crippen LogP contribution in [0, 0.1) is 11.3 Å². The molecule has 27 heavy (non-hydrogen) atoms. The summed E-state index contributed by atoms with van der Waals surface area (Å²) in [7, 11) is 2.06. The molecule has 6 heteroatoms. The van der Waals surface area contributed by atoms with E-state index in [1.165, 1.54) is 0 Å². The molecule has 0 aliphatic carbocycles. The molecule has 0 aromatic carbocycles. The summed E-state index contributed by atoms with van der Waals surface area (Å²) in [6.45, 7) is 7.73. The number of likely N-dealkylation sites (N-methyl/N-ethyl adjacent to an activating group) is 1. The number of nitriles is 1. The fraction of sp³-hybridized carbons (Fsp3) is 0.524. The maximum atomic E-state index is 12.4. The summed E-state index contributed by atoms with van der Waals surface area (Å²) >= 11 is 0. The van der Waals surface area contributed by atoms with Crippen LogP contribution in [0.1, 0.15) is 44.7 Å². The van der Waals surface area contributed by atoms with E-state index in [1.54, 1.807) is 4.90 Å². The van der Waals surface area contributed by atoms with Crippen LogP contribution in [0.4, 0.5) is 4.79 Å². The minimum atomic E-state index is -0.482. The summed E-state index contributed by atoms with van der Waals surface area (Å²) in [5.41, 5.74) is 2.19. The molecule has 2 aromatic rings. The topological polar surface area (TPSA) is 61.0 Å². The molecule has 0 bridgehead atoms. The Kier molecular flexibility index (Phi) is 5.43. The Morgan fingerprint density at radius 2 is 2.19 bits per heavy atom. The maximum absolute atomic E-state index is 12.4. The van der Waals surface area contributed by atoms with Gasteiger partial charge in [-0.3, -0.25) is 4.90 Å². The molecule has 144 valence electrons. The van der Waals surface area contributed by atoms with Crippen LogP contribution >= 0.6 is 0 Å². The lowest BCUT2D eigenvalue weighted by molar-refractivity contribution is 0.0121. The molecule has 1 fully saturated rings. The van der Waals surface area contributed by atoms with Gasteiger partial charge in [0.15, 0.2) is 0 Å². The van der Waals surface area contributed by atoms with Gasteiger partial charge in [-0.2, -0.15) is 5.26 Å². The van der Waals surface area contributed by atoms with Gasteiger partial charge in [-0.25, -0.2) is 4.79 Å². The van der Waals surface area contributed by atoms with E-state index >= 15 is 0 Å². The minimum absolute atomic E-state index is 0.243. The average molecular weight is 368 g/mol. The van der Waals surface area contributed by atoms with Crippen LogP contribution in [0.5, 0.6) is 0 Å². The van der Waals surface area contributed by atoms with Crippen LogP contribution in [0.25, 0.3) is 5.52 Å². The van der Waals surface area contributed by atoms with Crippen LogP contribution in [0.3, 0.4) is 0 Å². The highest BCUT2D eigenvalue weighted by atomic mass is 16.6. The lowest BCUT2D eigenvalue weighted by Gasteiger charge is -2.38. The Labute approximate surface area is 160 Å². The first-order chi connectivity index (χ1) is 12.8. The second-order valence-electron chi connectivity index (χ2n) is 8.27. The van der Waals surface area contributed by atoms with Gasteiger partial charge in [-0.15, -0.1) is 0 Å². The predicted molar refractivity (Wildman–Crippen MR) is 104 cm³/mol. The molecule has 2 aromatic heterocycles. The third kappa shape index (κ3) is 4.42. The third-order valence-electron chi connectivity index (χ3n) is 4.97. The number of pyridine rings is 1. The van der Waals surface area contributed by atoms with Gasteiger partial charge in [0.25, 0.3) is 0 Å². The lowest BCUT2D eigenvalue weighted by atomic mass is 10.0. The van der Waals surface area contributed by atoms with Crippen molar-refractivity contribution in [1.82, 2.24) is 14.2 Å². The van der Waals surface area contributed by atoms with Gasteiger partial charge in [0.2, 0.25) is 0 Å². The van der Waals surface area contributed by atoms with Crippen molar-refractivity contribution in [3.05, 3.63) is 41.7 Å². The minimum Gasteiger partial charge on any atom is -0.444 e. The summed E-state index contributed by atoms with van der Waals surface area (Å²) in [5.74, 6) is 0. The number of rotatable bonds is 3. The van der Waals surface area contributed by atoms with Gasteiger partial charge >= 0.3 is 6.09 Å². The summed E-state index contributed by atoms with van der Waals surface area (Å²) in [5, 5.41) is 9.60. The van der Waals surface area contributed by atoms with Gasteiger partial charge in [0.1, 0.15) is 11.7 Å². The highest BCUT2D eigenvalue weighted by molar-refractivity contribution is 5.68. The molecule has 3 heterocycles. The van der Waals surface area contributed by atoms with Crippen LogP contribution in [0.2, 0.25) is 0 Å². The normalized spacial score (nSPS) is 17.9. The van der Waals surface area contributed by atoms with Gasteiger partial charge in [-0.05, 0) is 52.8 Å². The van der Waals surface area contributed by atoms with Crippen molar-refractivity contribution in [2.45, 2.75) is 51.8 Å². The quantitative estimate of drug-likeness (QED) is 0.830. The number of piperidine rings is 1. The van der Waals surface area contributed by atoms with E-state index in [1.807, 2.05) is 55.8 Å². The lowest BCUT2D eigenvalue weighted by Crippen LogP contribution is -2.49. The van der Waals surface area contributed by atoms with Gasteiger partial charge in [0.05, 0.1) is 11.1 Å². The molecule has 3 rings (SSSR count). The fourth-order valence-electron chi connectivity index (χ4n) is 3.63. The first-order valence-corrected chi connectivity index (χ1v) is 9.45. The molecule has 1 aliphatic rings. The van der Waals surface area contributed by atoms with Crippen LogP contribution in [-0.2, 0) is 11.3 Å². The first-order valence-electron chi connectivity index (χ1n) is 9.45. The Hall–Kier alpha value is -2.52. The standard InChI is InChI=1S/C21H28N4O2/c1-21(2,3)27-20(26)25-11-7-8-17(15-25)23(4)13-16-14-24-10-6-5-9-19(24)18(16)12-22/h5-6,9-10,14,17H,7-8,11,13,15H2,1-4H3. The SMILES string of the molecule is CN(Cc1cn2ccccc2c1C#N)C1CCCN(C(=O)OC(C)(C)C)C1. The summed E-state index contributed by atoms with van der Waals surface area (Å²) in [4.78, 5) is 16.4. The van der Waals surface area contributed by atoms with E-state index < -0.39 is 5.60 Å². The van der Waals surface area contributed by atoms with E-state index in [9.17, 15) is 10.1 Å². The van der Waals surface area contributed by atoms with Crippen molar-refractivity contribution in [1.29, 1.82) is 5.26 Å². The van der Waals surface area contributed by atoms with Crippen molar-refractivity contribution in [2.24, 2.45) is 0 Å². The number of amides is 1. The largest absolute Gasteiger partial charge is 0.444 e. The smallest absolute Gasteiger partial charge is 0.410 e. The molecular formula is C21H28N4O2. The van der Waals surface area contributed by atoms with E-state index in [2.05, 4.69) is 18.0 Å². The molecule has 0 spiro atoms. The zero-order valence-electron chi connectivity index (χ0n) is 16.6. The second kappa shape index (κ2) is 7.61. The molecule has 1 amide bonds. The molecule has 1 saturated heterocycles. The van der Waals surface area contributed by atoms with E-state index in [4.69, 9.17) is 4.74 Å². The van der Waals surface area contributed by atoms with Crippen molar-refractivity contribution in [3.63, 3.8) is 0 Å². The fourth-order valence-corrected chi connectivity index (χ4v) is 3.63. The van der Waals surface area contributed by atoms with E-state index in [0.717, 1.165) is 36.0 Å². The third-order valence-corrected chi connectivity index (χ3v) is 4.97. The molecule has 1 atom stereocenters. The molecule has 0 saturated carbocycles. The van der Waals surface area contributed by atoms with Crippen molar-refractivity contribution >= 4 is 11.6 Å². The molecule has 0 N–H and O–H groups in total. The number of nitrogens with zero attached hydrogens (tertiary/aromatic N) is 4. The molecular weight excluding hydrogens is 340 g/mol. The Balaban J connectivity index is 1.70. The van der Waals surface area contributed by atoms with Crippen LogP contribution in [0.15, 0.2) is 30.6 Å². The second-order valence-corrected chi connectivity index (χ2v) is 8.27. The number of carbonyl (C=O) groups excluding carboxylic acids is 1. The summed E-state index contributed by atoms with van der Waals surface area (Å²) in [6, 6.07) is 8.47. The number of ether oxygens (including phenoxy) is 1. The van der Waals surface area contributed by atoms with Crippen molar-refractivity contribution in [3.8, 4) is 6.07 Å². The number of carbonyl (C=O) groups is 1. The van der Waals surface area contributed by atoms with Gasteiger partial charge in [0, 0.05) is 43.6 Å². The van der Waals surface area contributed by atoms with Gasteiger partial charge in [-0.1, -0.05) is 6.07 Å². The molecule has 1 unspecified atom stereocenters. The number of likely N-dealkylation sites (tertiary alicyclic amines) is 1. The molecule has 6 nitrogen and oxygen atoms in total. The van der Waals surface area contributed by atoms with Crippen molar-refractivity contribution < 1.29 is 9.53 Å². The highest BCUT2D eigenvalue weighted by Gasteiger charge is 2.29. The van der Waals surface area contributed by atoms with Crippen LogP contribution < -0.4 is 0 Å². The van der Waals surface area contributed by atoms with E-state index in [-0.39, 0.29) is 12.1 Å². The molecule has 1 aliphatic heterocycles. The Bertz CT molecular complexity index is 859. The Morgan fingerprint density at radius 1 is 1.41 bits per heavy atom.